The van der Waals surface area contributed by atoms with Gasteiger partial charge in [-0.2, -0.15) is 0 Å². The van der Waals surface area contributed by atoms with Crippen LogP contribution in [0, 0.1) is 6.92 Å². The number of hydrogen-bond donors (Lipinski definition) is 2. The standard InChI is InChI=1S/C17H16O4/c1-12-5-6-13(7-8-17(19)20)10-16(12)21-15-4-2-3-14(9-15)11-18/h2-10,18H,11H2,1H3,(H,19,20)/b8-7+. The number of hydrogen-bond acceptors (Lipinski definition) is 3. The largest absolute Gasteiger partial charge is 0.478 e. The van der Waals surface area contributed by atoms with Gasteiger partial charge in [-0.1, -0.05) is 24.3 Å². The summed E-state index contributed by atoms with van der Waals surface area (Å²) in [5, 5.41) is 17.8. The molecule has 21 heavy (non-hydrogen) atoms. The predicted molar refractivity (Wildman–Crippen MR) is 80.3 cm³/mol. The maximum atomic E-state index is 10.5. The smallest absolute Gasteiger partial charge is 0.328 e. The van der Waals surface area contributed by atoms with Crippen molar-refractivity contribution in [3.05, 3.63) is 65.2 Å². The molecule has 0 saturated carbocycles. The Hall–Kier alpha value is -2.59. The summed E-state index contributed by atoms with van der Waals surface area (Å²) >= 11 is 0. The van der Waals surface area contributed by atoms with E-state index in [0.717, 1.165) is 22.8 Å². The van der Waals surface area contributed by atoms with Gasteiger partial charge in [-0.05, 0) is 47.9 Å². The second-order valence-corrected chi connectivity index (χ2v) is 4.60. The molecule has 0 aromatic heterocycles. The molecule has 2 aromatic carbocycles. The number of rotatable bonds is 5. The molecule has 0 saturated heterocycles. The van der Waals surface area contributed by atoms with Gasteiger partial charge in [0.1, 0.15) is 11.5 Å². The van der Waals surface area contributed by atoms with Crippen molar-refractivity contribution in [3.8, 4) is 11.5 Å². The third-order valence-corrected chi connectivity index (χ3v) is 2.94. The molecule has 0 unspecified atom stereocenters. The molecule has 2 rings (SSSR count). The van der Waals surface area contributed by atoms with Crippen molar-refractivity contribution >= 4 is 12.0 Å². The van der Waals surface area contributed by atoms with E-state index in [1.807, 2.05) is 31.2 Å². The van der Waals surface area contributed by atoms with E-state index in [1.54, 1.807) is 18.2 Å². The van der Waals surface area contributed by atoms with Gasteiger partial charge >= 0.3 is 5.97 Å². The molecule has 0 radical (unpaired) electrons. The second-order valence-electron chi connectivity index (χ2n) is 4.60. The lowest BCUT2D eigenvalue weighted by molar-refractivity contribution is -0.131. The number of ether oxygens (including phenoxy) is 1. The Labute approximate surface area is 122 Å². The summed E-state index contributed by atoms with van der Waals surface area (Å²) in [4.78, 5) is 10.5. The first-order valence-corrected chi connectivity index (χ1v) is 6.48. The van der Waals surface area contributed by atoms with E-state index < -0.39 is 5.97 Å². The van der Waals surface area contributed by atoms with Crippen LogP contribution in [0.4, 0.5) is 0 Å². The minimum Gasteiger partial charge on any atom is -0.478 e. The van der Waals surface area contributed by atoms with E-state index in [-0.39, 0.29) is 6.61 Å². The molecule has 0 heterocycles. The molecule has 0 fully saturated rings. The van der Waals surface area contributed by atoms with Gasteiger partial charge in [0.05, 0.1) is 6.61 Å². The summed E-state index contributed by atoms with van der Waals surface area (Å²) in [6, 6.07) is 12.7. The molecule has 2 aromatic rings. The minimum atomic E-state index is -0.992. The van der Waals surface area contributed by atoms with Crippen LogP contribution in [0.5, 0.6) is 11.5 Å². The molecule has 0 aliphatic heterocycles. The summed E-state index contributed by atoms with van der Waals surface area (Å²) in [5.41, 5.74) is 2.46. The van der Waals surface area contributed by atoms with Crippen LogP contribution < -0.4 is 4.74 Å². The highest BCUT2D eigenvalue weighted by molar-refractivity contribution is 5.85. The molecular formula is C17H16O4. The van der Waals surface area contributed by atoms with Crippen molar-refractivity contribution < 1.29 is 19.7 Å². The van der Waals surface area contributed by atoms with Crippen LogP contribution in [0.3, 0.4) is 0 Å². The molecule has 2 N–H and O–H groups in total. The average molecular weight is 284 g/mol. The van der Waals surface area contributed by atoms with Gasteiger partial charge in [-0.15, -0.1) is 0 Å². The lowest BCUT2D eigenvalue weighted by atomic mass is 10.1. The van der Waals surface area contributed by atoms with Crippen molar-refractivity contribution in [2.45, 2.75) is 13.5 Å². The van der Waals surface area contributed by atoms with Crippen LogP contribution in [0.25, 0.3) is 6.08 Å². The molecule has 0 aliphatic rings. The van der Waals surface area contributed by atoms with Gasteiger partial charge in [-0.3, -0.25) is 0 Å². The molecule has 0 bridgehead atoms. The third-order valence-electron chi connectivity index (χ3n) is 2.94. The van der Waals surface area contributed by atoms with Crippen molar-refractivity contribution in [3.63, 3.8) is 0 Å². The van der Waals surface area contributed by atoms with Crippen molar-refractivity contribution in [2.24, 2.45) is 0 Å². The fraction of sp³-hybridized carbons (Fsp3) is 0.118. The lowest BCUT2D eigenvalue weighted by Gasteiger charge is -2.10. The molecule has 4 nitrogen and oxygen atoms in total. The molecule has 0 atom stereocenters. The first-order valence-electron chi connectivity index (χ1n) is 6.48. The van der Waals surface area contributed by atoms with Crippen molar-refractivity contribution in [1.82, 2.24) is 0 Å². The van der Waals surface area contributed by atoms with Gasteiger partial charge in [0.2, 0.25) is 0 Å². The van der Waals surface area contributed by atoms with Gasteiger partial charge in [0, 0.05) is 6.08 Å². The van der Waals surface area contributed by atoms with Gasteiger partial charge in [-0.25, -0.2) is 4.79 Å². The Bertz CT molecular complexity index is 674. The fourth-order valence-corrected chi connectivity index (χ4v) is 1.83. The van der Waals surface area contributed by atoms with Crippen LogP contribution >= 0.6 is 0 Å². The lowest BCUT2D eigenvalue weighted by Crippen LogP contribution is -1.91. The minimum absolute atomic E-state index is 0.0441. The monoisotopic (exact) mass is 284 g/mol. The highest BCUT2D eigenvalue weighted by atomic mass is 16.5. The molecule has 0 spiro atoms. The van der Waals surface area contributed by atoms with E-state index in [9.17, 15) is 4.79 Å². The predicted octanol–water partition coefficient (Wildman–Crippen LogP) is 3.38. The van der Waals surface area contributed by atoms with Gasteiger partial charge < -0.3 is 14.9 Å². The summed E-state index contributed by atoms with van der Waals surface area (Å²) in [6.07, 6.45) is 2.60. The zero-order valence-corrected chi connectivity index (χ0v) is 11.6. The Morgan fingerprint density at radius 2 is 2.05 bits per heavy atom. The van der Waals surface area contributed by atoms with Crippen LogP contribution in [-0.4, -0.2) is 16.2 Å². The Kier molecular flexibility index (Phi) is 4.74. The summed E-state index contributed by atoms with van der Waals surface area (Å²) in [7, 11) is 0. The number of carbonyl (C=O) groups is 1. The molecular weight excluding hydrogens is 268 g/mol. The normalized spacial score (nSPS) is 10.8. The number of aliphatic hydroxyl groups is 1. The second kappa shape index (κ2) is 6.72. The number of benzene rings is 2. The maximum Gasteiger partial charge on any atom is 0.328 e. The Balaban J connectivity index is 2.26. The van der Waals surface area contributed by atoms with Crippen molar-refractivity contribution in [2.75, 3.05) is 0 Å². The molecule has 0 amide bonds. The number of aliphatic carboxylic acids is 1. The zero-order chi connectivity index (χ0) is 15.2. The SMILES string of the molecule is Cc1ccc(/C=C/C(=O)O)cc1Oc1cccc(CO)c1. The summed E-state index contributed by atoms with van der Waals surface area (Å²) in [5.74, 6) is 0.287. The zero-order valence-electron chi connectivity index (χ0n) is 11.6. The highest BCUT2D eigenvalue weighted by Crippen LogP contribution is 2.27. The first-order chi connectivity index (χ1) is 10.1. The number of carboxylic acids is 1. The van der Waals surface area contributed by atoms with E-state index in [1.165, 1.54) is 6.08 Å². The van der Waals surface area contributed by atoms with E-state index in [0.29, 0.717) is 11.5 Å². The molecule has 4 heteroatoms. The number of aliphatic hydroxyl groups excluding tert-OH is 1. The highest BCUT2D eigenvalue weighted by Gasteiger charge is 2.03. The third kappa shape index (κ3) is 4.19. The number of carboxylic acid groups (broad SMARTS) is 1. The Morgan fingerprint density at radius 3 is 2.76 bits per heavy atom. The van der Waals surface area contributed by atoms with Crippen LogP contribution in [-0.2, 0) is 11.4 Å². The molecule has 108 valence electrons. The van der Waals surface area contributed by atoms with Crippen LogP contribution in [0.15, 0.2) is 48.5 Å². The van der Waals surface area contributed by atoms with Crippen molar-refractivity contribution in [1.29, 1.82) is 0 Å². The van der Waals surface area contributed by atoms with E-state index in [4.69, 9.17) is 14.9 Å². The maximum absolute atomic E-state index is 10.5. The van der Waals surface area contributed by atoms with E-state index in [2.05, 4.69) is 0 Å². The quantitative estimate of drug-likeness (QED) is 0.826. The topological polar surface area (TPSA) is 66.8 Å². The summed E-state index contributed by atoms with van der Waals surface area (Å²) in [6.45, 7) is 1.87. The van der Waals surface area contributed by atoms with E-state index >= 15 is 0 Å². The average Bonchev–Trinajstić information content (AvgIpc) is 2.48. The van der Waals surface area contributed by atoms with Crippen LogP contribution in [0.2, 0.25) is 0 Å². The first kappa shape index (κ1) is 14.8. The fourth-order valence-electron chi connectivity index (χ4n) is 1.83. The molecule has 0 aliphatic carbocycles. The number of aryl methyl sites for hydroxylation is 1. The van der Waals surface area contributed by atoms with Gasteiger partial charge in [0.25, 0.3) is 0 Å². The Morgan fingerprint density at radius 1 is 1.24 bits per heavy atom. The van der Waals surface area contributed by atoms with Gasteiger partial charge in [0.15, 0.2) is 0 Å². The summed E-state index contributed by atoms with van der Waals surface area (Å²) < 4.78 is 5.81. The van der Waals surface area contributed by atoms with Crippen LogP contribution in [0.1, 0.15) is 16.7 Å².